The Morgan fingerprint density at radius 1 is 1.40 bits per heavy atom. The molecule has 0 aliphatic rings. The van der Waals surface area contributed by atoms with Gasteiger partial charge in [0.2, 0.25) is 10.0 Å². The number of oxime groups is 1. The molecule has 0 radical (unpaired) electrons. The van der Waals surface area contributed by atoms with Crippen LogP contribution >= 0.6 is 0 Å². The molecular formula is C13H21N3O3S. The van der Waals surface area contributed by atoms with Crippen LogP contribution in [0, 0.1) is 0 Å². The third-order valence-electron chi connectivity index (χ3n) is 2.87. The first kappa shape index (κ1) is 16.5. The fourth-order valence-corrected chi connectivity index (χ4v) is 3.09. The van der Waals surface area contributed by atoms with Gasteiger partial charge in [-0.25, -0.2) is 13.1 Å². The van der Waals surface area contributed by atoms with Crippen LogP contribution in [0.3, 0.4) is 0 Å². The number of nitrogens with two attached hydrogens (primary N) is 1. The molecule has 0 aliphatic carbocycles. The van der Waals surface area contributed by atoms with Gasteiger partial charge >= 0.3 is 0 Å². The Balaban J connectivity index is 2.63. The van der Waals surface area contributed by atoms with Gasteiger partial charge in [-0.3, -0.25) is 0 Å². The van der Waals surface area contributed by atoms with Gasteiger partial charge in [-0.1, -0.05) is 48.8 Å². The second kappa shape index (κ2) is 7.86. The minimum absolute atomic E-state index is 0.0318. The van der Waals surface area contributed by atoms with Gasteiger partial charge in [-0.05, 0) is 18.4 Å². The third-order valence-corrected chi connectivity index (χ3v) is 4.26. The smallest absolute Gasteiger partial charge is 0.212 e. The molecule has 112 valence electrons. The van der Waals surface area contributed by atoms with Crippen LogP contribution in [0.5, 0.6) is 0 Å². The van der Waals surface area contributed by atoms with E-state index in [1.807, 2.05) is 37.3 Å². The summed E-state index contributed by atoms with van der Waals surface area (Å²) in [6.07, 6.45) is 1.63. The van der Waals surface area contributed by atoms with Crippen LogP contribution in [0.2, 0.25) is 0 Å². The van der Waals surface area contributed by atoms with E-state index in [-0.39, 0.29) is 11.6 Å². The minimum atomic E-state index is -3.48. The van der Waals surface area contributed by atoms with Crippen LogP contribution in [0.25, 0.3) is 0 Å². The lowest BCUT2D eigenvalue weighted by molar-refractivity contribution is 0.315. The highest BCUT2D eigenvalue weighted by atomic mass is 32.2. The lowest BCUT2D eigenvalue weighted by atomic mass is 10.2. The molecule has 1 aromatic carbocycles. The first-order valence-corrected chi connectivity index (χ1v) is 8.15. The van der Waals surface area contributed by atoms with Crippen LogP contribution in [0.1, 0.15) is 25.3 Å². The maximum atomic E-state index is 12.0. The van der Waals surface area contributed by atoms with Crippen molar-refractivity contribution < 1.29 is 13.6 Å². The van der Waals surface area contributed by atoms with Gasteiger partial charge in [0.05, 0.1) is 11.8 Å². The Kier molecular flexibility index (Phi) is 6.47. The highest BCUT2D eigenvalue weighted by Crippen LogP contribution is 2.04. The van der Waals surface area contributed by atoms with E-state index in [0.717, 1.165) is 12.0 Å². The van der Waals surface area contributed by atoms with Gasteiger partial charge in [0.15, 0.2) is 5.84 Å². The first-order chi connectivity index (χ1) is 9.48. The molecule has 4 N–H and O–H groups in total. The molecule has 6 nitrogen and oxygen atoms in total. The normalized spacial score (nSPS) is 14.2. The summed E-state index contributed by atoms with van der Waals surface area (Å²) in [6.45, 7) is 1.90. The zero-order valence-electron chi connectivity index (χ0n) is 11.5. The molecule has 0 saturated carbocycles. The van der Waals surface area contributed by atoms with Gasteiger partial charge in [0.1, 0.15) is 0 Å². The van der Waals surface area contributed by atoms with Crippen LogP contribution in [-0.4, -0.2) is 31.3 Å². The monoisotopic (exact) mass is 299 g/mol. The Hall–Kier alpha value is -1.60. The average Bonchev–Trinajstić information content (AvgIpc) is 2.45. The average molecular weight is 299 g/mol. The Morgan fingerprint density at radius 3 is 2.60 bits per heavy atom. The molecule has 20 heavy (non-hydrogen) atoms. The van der Waals surface area contributed by atoms with Gasteiger partial charge < -0.3 is 10.9 Å². The van der Waals surface area contributed by atoms with E-state index in [1.165, 1.54) is 0 Å². The number of rotatable bonds is 8. The van der Waals surface area contributed by atoms with E-state index in [0.29, 0.717) is 12.8 Å². The molecule has 0 fully saturated rings. The lowest BCUT2D eigenvalue weighted by Gasteiger charge is -2.16. The van der Waals surface area contributed by atoms with Crippen molar-refractivity contribution in [3.63, 3.8) is 0 Å². The maximum absolute atomic E-state index is 12.0. The molecule has 0 aliphatic heterocycles. The summed E-state index contributed by atoms with van der Waals surface area (Å²) in [7, 11) is -3.48. The SMILES string of the molecule is CCCC(NS(=O)(=O)CCc1ccccc1)/C(N)=N/O. The van der Waals surface area contributed by atoms with Gasteiger partial charge in [0, 0.05) is 0 Å². The molecule has 1 rings (SSSR count). The molecule has 1 atom stereocenters. The Labute approximate surface area is 119 Å². The lowest BCUT2D eigenvalue weighted by Crippen LogP contribution is -2.45. The van der Waals surface area contributed by atoms with E-state index in [1.54, 1.807) is 0 Å². The number of nitrogens with zero attached hydrogens (tertiary/aromatic N) is 1. The molecule has 7 heteroatoms. The number of sulfonamides is 1. The fourth-order valence-electron chi connectivity index (χ4n) is 1.80. The molecule has 1 aromatic rings. The standard InChI is InChI=1S/C13H21N3O3S/c1-2-6-12(13(14)15-17)16-20(18,19)10-9-11-7-4-3-5-8-11/h3-5,7-8,12,16-17H,2,6,9-10H2,1H3,(H2,14,15). The highest BCUT2D eigenvalue weighted by molar-refractivity contribution is 7.89. The van der Waals surface area contributed by atoms with Crippen molar-refractivity contribution in [1.82, 2.24) is 4.72 Å². The highest BCUT2D eigenvalue weighted by Gasteiger charge is 2.20. The van der Waals surface area contributed by atoms with Crippen molar-refractivity contribution in [1.29, 1.82) is 0 Å². The number of amidine groups is 1. The molecule has 0 bridgehead atoms. The summed E-state index contributed by atoms with van der Waals surface area (Å²) in [4.78, 5) is 0. The van der Waals surface area contributed by atoms with Gasteiger partial charge in [0.25, 0.3) is 0 Å². The molecule has 1 unspecified atom stereocenters. The maximum Gasteiger partial charge on any atom is 0.212 e. The van der Waals surface area contributed by atoms with Crippen LogP contribution in [0.4, 0.5) is 0 Å². The van der Waals surface area contributed by atoms with Gasteiger partial charge in [-0.15, -0.1) is 0 Å². The zero-order valence-corrected chi connectivity index (χ0v) is 12.3. The zero-order chi connectivity index (χ0) is 15.0. The van der Waals surface area contributed by atoms with E-state index in [9.17, 15) is 8.42 Å². The topological polar surface area (TPSA) is 105 Å². The summed E-state index contributed by atoms with van der Waals surface area (Å²) < 4.78 is 26.5. The first-order valence-electron chi connectivity index (χ1n) is 6.50. The predicted octanol–water partition coefficient (Wildman–Crippen LogP) is 1.06. The molecular weight excluding hydrogens is 278 g/mol. The number of nitrogens with one attached hydrogen (secondary N) is 1. The Morgan fingerprint density at radius 2 is 2.05 bits per heavy atom. The van der Waals surface area contributed by atoms with E-state index in [2.05, 4.69) is 9.88 Å². The van der Waals surface area contributed by atoms with E-state index < -0.39 is 16.1 Å². The Bertz CT molecular complexity index is 529. The van der Waals surface area contributed by atoms with Crippen LogP contribution in [0.15, 0.2) is 35.5 Å². The minimum Gasteiger partial charge on any atom is -0.409 e. The van der Waals surface area contributed by atoms with Crippen LogP contribution < -0.4 is 10.5 Å². The van der Waals surface area contributed by atoms with E-state index in [4.69, 9.17) is 10.9 Å². The van der Waals surface area contributed by atoms with Crippen molar-refractivity contribution in [2.45, 2.75) is 32.2 Å². The molecule has 0 aromatic heterocycles. The number of benzene rings is 1. The van der Waals surface area contributed by atoms with Crippen molar-refractivity contribution in [2.24, 2.45) is 10.9 Å². The van der Waals surface area contributed by atoms with Crippen molar-refractivity contribution >= 4 is 15.9 Å². The third kappa shape index (κ3) is 5.58. The van der Waals surface area contributed by atoms with Crippen molar-refractivity contribution in [3.8, 4) is 0 Å². The molecule has 0 heterocycles. The second-order valence-electron chi connectivity index (χ2n) is 4.54. The van der Waals surface area contributed by atoms with E-state index >= 15 is 0 Å². The summed E-state index contributed by atoms with van der Waals surface area (Å²) in [5.41, 5.74) is 6.44. The summed E-state index contributed by atoms with van der Waals surface area (Å²) in [5, 5.41) is 11.5. The van der Waals surface area contributed by atoms with Crippen molar-refractivity contribution in [2.75, 3.05) is 5.75 Å². The fraction of sp³-hybridized carbons (Fsp3) is 0.462. The summed E-state index contributed by atoms with van der Waals surface area (Å²) >= 11 is 0. The number of hydrogen-bond acceptors (Lipinski definition) is 4. The summed E-state index contributed by atoms with van der Waals surface area (Å²) in [5.74, 6) is -0.147. The number of aryl methyl sites for hydroxylation is 1. The molecule has 0 amide bonds. The largest absolute Gasteiger partial charge is 0.409 e. The molecule has 0 spiro atoms. The van der Waals surface area contributed by atoms with Crippen LogP contribution in [-0.2, 0) is 16.4 Å². The molecule has 0 saturated heterocycles. The predicted molar refractivity (Wildman–Crippen MR) is 79.2 cm³/mol. The summed E-state index contributed by atoms with van der Waals surface area (Å²) in [6, 6.07) is 8.71. The quantitative estimate of drug-likeness (QED) is 0.289. The number of hydrogen-bond donors (Lipinski definition) is 3. The van der Waals surface area contributed by atoms with Crippen molar-refractivity contribution in [3.05, 3.63) is 35.9 Å². The second-order valence-corrected chi connectivity index (χ2v) is 6.41. The van der Waals surface area contributed by atoms with Gasteiger partial charge in [-0.2, -0.15) is 0 Å².